The molecule has 1 amide bonds. The zero-order valence-corrected chi connectivity index (χ0v) is 15.6. The maximum Gasteiger partial charge on any atom is 0.264 e. The van der Waals surface area contributed by atoms with E-state index in [9.17, 15) is 4.79 Å². The monoisotopic (exact) mass is 378 g/mol. The quantitative estimate of drug-likeness (QED) is 0.826. The second-order valence-electron chi connectivity index (χ2n) is 5.93. The van der Waals surface area contributed by atoms with Gasteiger partial charge in [-0.15, -0.1) is 11.3 Å². The van der Waals surface area contributed by atoms with Crippen LogP contribution in [0.15, 0.2) is 41.6 Å². The van der Waals surface area contributed by atoms with Crippen LogP contribution in [0, 0.1) is 0 Å². The van der Waals surface area contributed by atoms with Crippen molar-refractivity contribution in [3.8, 4) is 5.75 Å². The van der Waals surface area contributed by atoms with Gasteiger partial charge in [0.2, 0.25) is 6.10 Å². The van der Waals surface area contributed by atoms with E-state index < -0.39 is 6.10 Å². The van der Waals surface area contributed by atoms with E-state index in [0.29, 0.717) is 17.3 Å². The molecule has 5 nitrogen and oxygen atoms in total. The van der Waals surface area contributed by atoms with Crippen LogP contribution >= 0.6 is 22.9 Å². The number of oxime groups is 1. The van der Waals surface area contributed by atoms with Gasteiger partial charge >= 0.3 is 0 Å². The number of carbonyl (C=O) groups excluding carboxylic acids is 1. The van der Waals surface area contributed by atoms with Crippen molar-refractivity contribution in [2.24, 2.45) is 5.16 Å². The van der Waals surface area contributed by atoms with Crippen molar-refractivity contribution >= 4 is 34.6 Å². The Morgan fingerprint density at radius 2 is 2.20 bits per heavy atom. The van der Waals surface area contributed by atoms with Gasteiger partial charge in [-0.05, 0) is 32.0 Å². The van der Waals surface area contributed by atoms with Gasteiger partial charge < -0.3 is 14.9 Å². The Morgan fingerprint density at radius 1 is 1.40 bits per heavy atom. The molecule has 1 aromatic heterocycles. The number of benzene rings is 1. The van der Waals surface area contributed by atoms with Gasteiger partial charge in [-0.3, -0.25) is 4.79 Å². The van der Waals surface area contributed by atoms with Crippen LogP contribution in [0.1, 0.15) is 30.7 Å². The highest BCUT2D eigenvalue weighted by Gasteiger charge is 2.29. The smallest absolute Gasteiger partial charge is 0.264 e. The molecule has 0 radical (unpaired) electrons. The van der Waals surface area contributed by atoms with Gasteiger partial charge in [0.25, 0.3) is 5.91 Å². The van der Waals surface area contributed by atoms with Crippen molar-refractivity contribution in [3.05, 3.63) is 51.2 Å². The summed E-state index contributed by atoms with van der Waals surface area (Å²) in [7, 11) is 0. The van der Waals surface area contributed by atoms with Crippen LogP contribution in [0.2, 0.25) is 4.34 Å². The lowest BCUT2D eigenvalue weighted by Crippen LogP contribution is -2.34. The van der Waals surface area contributed by atoms with E-state index >= 15 is 0 Å². The number of amides is 1. The number of hydrogen-bond donors (Lipinski definition) is 1. The minimum absolute atomic E-state index is 0.0728. The SMILES string of the molecule is CC(C)Oc1ccccc1CNC(=O)C1CC(c2ccc(Cl)s2)=NO1. The number of rotatable bonds is 6. The molecule has 7 heteroatoms. The van der Waals surface area contributed by atoms with Gasteiger partial charge in [0.1, 0.15) is 11.5 Å². The number of nitrogens with zero attached hydrogens (tertiary/aromatic N) is 1. The van der Waals surface area contributed by atoms with Crippen molar-refractivity contribution < 1.29 is 14.4 Å². The molecule has 1 unspecified atom stereocenters. The highest BCUT2D eigenvalue weighted by Crippen LogP contribution is 2.26. The van der Waals surface area contributed by atoms with E-state index in [1.165, 1.54) is 11.3 Å². The van der Waals surface area contributed by atoms with Gasteiger partial charge in [0.15, 0.2) is 0 Å². The minimum Gasteiger partial charge on any atom is -0.491 e. The second-order valence-corrected chi connectivity index (χ2v) is 7.65. The molecule has 0 spiro atoms. The van der Waals surface area contributed by atoms with E-state index in [-0.39, 0.29) is 12.0 Å². The Labute approximate surface area is 155 Å². The third-order valence-electron chi connectivity index (χ3n) is 3.61. The zero-order valence-electron chi connectivity index (χ0n) is 14.0. The Balaban J connectivity index is 1.56. The van der Waals surface area contributed by atoms with E-state index in [1.807, 2.05) is 50.2 Å². The Morgan fingerprint density at radius 3 is 2.92 bits per heavy atom. The number of hydrogen-bond acceptors (Lipinski definition) is 5. The van der Waals surface area contributed by atoms with Crippen LogP contribution in [0.25, 0.3) is 0 Å². The van der Waals surface area contributed by atoms with E-state index in [1.54, 1.807) is 0 Å². The predicted molar refractivity (Wildman–Crippen MR) is 99.4 cm³/mol. The summed E-state index contributed by atoms with van der Waals surface area (Å²) in [4.78, 5) is 18.6. The molecule has 25 heavy (non-hydrogen) atoms. The summed E-state index contributed by atoms with van der Waals surface area (Å²) in [6.45, 7) is 4.32. The Bertz CT molecular complexity index is 788. The molecule has 132 valence electrons. The molecular weight excluding hydrogens is 360 g/mol. The van der Waals surface area contributed by atoms with Gasteiger partial charge in [0.05, 0.1) is 15.3 Å². The lowest BCUT2D eigenvalue weighted by molar-refractivity contribution is -0.131. The lowest BCUT2D eigenvalue weighted by atomic mass is 10.1. The zero-order chi connectivity index (χ0) is 17.8. The summed E-state index contributed by atoms with van der Waals surface area (Å²) >= 11 is 7.36. The third kappa shape index (κ3) is 4.52. The standard InChI is InChI=1S/C18H19ClN2O3S/c1-11(2)23-14-6-4-3-5-12(14)10-20-18(22)15-9-13(21-24-15)16-7-8-17(19)25-16/h3-8,11,15H,9-10H2,1-2H3,(H,20,22). The highest BCUT2D eigenvalue weighted by atomic mass is 35.5. The van der Waals surface area contributed by atoms with Gasteiger partial charge in [0, 0.05) is 18.5 Å². The molecule has 0 saturated carbocycles. The molecule has 0 bridgehead atoms. The third-order valence-corrected chi connectivity index (χ3v) is 4.89. The number of thiophene rings is 1. The number of carbonyl (C=O) groups is 1. The number of para-hydroxylation sites is 1. The Kier molecular flexibility index (Phi) is 5.60. The van der Waals surface area contributed by atoms with Crippen LogP contribution in [0.4, 0.5) is 0 Å². The molecule has 1 atom stereocenters. The highest BCUT2D eigenvalue weighted by molar-refractivity contribution is 7.18. The second kappa shape index (κ2) is 7.89. The van der Waals surface area contributed by atoms with Gasteiger partial charge in [-0.2, -0.15) is 0 Å². The molecule has 3 rings (SSSR count). The summed E-state index contributed by atoms with van der Waals surface area (Å²) in [5, 5.41) is 6.91. The predicted octanol–water partition coefficient (Wildman–Crippen LogP) is 4.00. The van der Waals surface area contributed by atoms with Crippen LogP contribution in [-0.2, 0) is 16.2 Å². The minimum atomic E-state index is -0.617. The first kappa shape index (κ1) is 17.8. The molecule has 1 aliphatic rings. The maximum atomic E-state index is 12.4. The fourth-order valence-corrected chi connectivity index (χ4v) is 3.48. The van der Waals surface area contributed by atoms with Crippen LogP contribution < -0.4 is 10.1 Å². The lowest BCUT2D eigenvalue weighted by Gasteiger charge is -2.15. The van der Waals surface area contributed by atoms with Crippen molar-refractivity contribution in [1.82, 2.24) is 5.32 Å². The van der Waals surface area contributed by atoms with Gasteiger partial charge in [-0.25, -0.2) is 0 Å². The molecule has 0 aliphatic carbocycles. The van der Waals surface area contributed by atoms with Crippen LogP contribution in [0.3, 0.4) is 0 Å². The topological polar surface area (TPSA) is 59.9 Å². The van der Waals surface area contributed by atoms with Gasteiger partial charge in [-0.1, -0.05) is 35.0 Å². The first-order valence-electron chi connectivity index (χ1n) is 8.03. The summed E-state index contributed by atoms with van der Waals surface area (Å²) in [6.07, 6.45) is -0.107. The molecular formula is C18H19ClN2O3S. The average molecular weight is 379 g/mol. The molecule has 1 aliphatic heterocycles. The first-order chi connectivity index (χ1) is 12.0. The number of halogens is 1. The van der Waals surface area contributed by atoms with E-state index in [4.69, 9.17) is 21.2 Å². The van der Waals surface area contributed by atoms with Crippen molar-refractivity contribution in [2.45, 2.75) is 39.0 Å². The number of ether oxygens (including phenoxy) is 1. The van der Waals surface area contributed by atoms with Crippen molar-refractivity contribution in [3.63, 3.8) is 0 Å². The summed E-state index contributed by atoms with van der Waals surface area (Å²) in [6, 6.07) is 11.4. The van der Waals surface area contributed by atoms with Crippen molar-refractivity contribution in [2.75, 3.05) is 0 Å². The average Bonchev–Trinajstić information content (AvgIpc) is 3.22. The largest absolute Gasteiger partial charge is 0.491 e. The van der Waals surface area contributed by atoms with Crippen LogP contribution in [0.5, 0.6) is 5.75 Å². The molecule has 1 N–H and O–H groups in total. The molecule has 2 aromatic rings. The summed E-state index contributed by atoms with van der Waals surface area (Å²) in [5.41, 5.74) is 1.68. The maximum absolute atomic E-state index is 12.4. The normalized spacial score (nSPS) is 16.5. The first-order valence-corrected chi connectivity index (χ1v) is 9.23. The summed E-state index contributed by atoms with van der Waals surface area (Å²) < 4.78 is 6.45. The fourth-order valence-electron chi connectivity index (χ4n) is 2.45. The van der Waals surface area contributed by atoms with Crippen LogP contribution in [-0.4, -0.2) is 23.8 Å². The molecule has 0 fully saturated rings. The van der Waals surface area contributed by atoms with E-state index in [2.05, 4.69) is 10.5 Å². The molecule has 2 heterocycles. The molecule has 1 aromatic carbocycles. The van der Waals surface area contributed by atoms with E-state index in [0.717, 1.165) is 21.9 Å². The Hall–Kier alpha value is -2.05. The summed E-state index contributed by atoms with van der Waals surface area (Å²) in [5.74, 6) is 0.580. The fraction of sp³-hybridized carbons (Fsp3) is 0.333. The number of nitrogens with one attached hydrogen (secondary N) is 1. The molecule has 0 saturated heterocycles. The van der Waals surface area contributed by atoms with Crippen molar-refractivity contribution in [1.29, 1.82) is 0 Å².